The summed E-state index contributed by atoms with van der Waals surface area (Å²) in [7, 11) is 0. The molecule has 5 atom stereocenters. The lowest BCUT2D eigenvalue weighted by Crippen LogP contribution is -2.60. The minimum Gasteiger partial charge on any atom is -0.479 e. The average Bonchev–Trinajstić information content (AvgIpc) is 2.54. The summed E-state index contributed by atoms with van der Waals surface area (Å²) in [4.78, 5) is 22.6. The maximum Gasteiger partial charge on any atom is 0.335 e. The van der Waals surface area contributed by atoms with Gasteiger partial charge in [-0.3, -0.25) is 0 Å². The minimum absolute atomic E-state index is 0.730. The number of carbonyl (C=O) groups excluding carboxylic acids is 1. The van der Waals surface area contributed by atoms with Gasteiger partial charge in [0.05, 0.1) is 0 Å². The summed E-state index contributed by atoms with van der Waals surface area (Å²) in [6, 6.07) is 8.84. The van der Waals surface area contributed by atoms with Crippen LogP contribution in [0.4, 0.5) is 0 Å². The number of carboxylic acids is 1. The molecule has 4 N–H and O–H groups in total. The summed E-state index contributed by atoms with van der Waals surface area (Å²) in [5.41, 5.74) is 0.730. The lowest BCUT2D eigenvalue weighted by molar-refractivity contribution is -0.284. The summed E-state index contributed by atoms with van der Waals surface area (Å²) in [5.74, 6) is -2.45. The first-order valence-electron chi connectivity index (χ1n) is 6.76. The predicted molar refractivity (Wildman–Crippen MR) is 75.9 cm³/mol. The molecule has 1 saturated heterocycles. The zero-order chi connectivity index (χ0) is 17.0. The monoisotopic (exact) mass is 324 g/mol. The second kappa shape index (κ2) is 7.34. The highest BCUT2D eigenvalue weighted by molar-refractivity contribution is 5.87. The summed E-state index contributed by atoms with van der Waals surface area (Å²) < 4.78 is 9.62. The molecule has 0 amide bonds. The Morgan fingerprint density at radius 1 is 1.04 bits per heavy atom. The van der Waals surface area contributed by atoms with Crippen LogP contribution in [0.25, 0.3) is 6.08 Å². The van der Waals surface area contributed by atoms with E-state index in [2.05, 4.69) is 0 Å². The molecule has 23 heavy (non-hydrogen) atoms. The number of esters is 1. The third-order valence-corrected chi connectivity index (χ3v) is 3.26. The quantitative estimate of drug-likeness (QED) is 0.415. The molecule has 0 aliphatic carbocycles. The molecule has 124 valence electrons. The Bertz CT molecular complexity index is 584. The highest BCUT2D eigenvalue weighted by atomic mass is 16.7. The Kier molecular flexibility index (Phi) is 5.45. The first kappa shape index (κ1) is 17.1. The van der Waals surface area contributed by atoms with Crippen molar-refractivity contribution < 1.29 is 39.5 Å². The summed E-state index contributed by atoms with van der Waals surface area (Å²) >= 11 is 0. The number of rotatable bonds is 4. The molecule has 1 aromatic rings. The minimum atomic E-state index is -1.84. The number of carbonyl (C=O) groups is 2. The van der Waals surface area contributed by atoms with Crippen LogP contribution in [-0.2, 0) is 19.1 Å². The van der Waals surface area contributed by atoms with E-state index in [9.17, 15) is 24.9 Å². The van der Waals surface area contributed by atoms with Crippen molar-refractivity contribution >= 4 is 18.0 Å². The van der Waals surface area contributed by atoms with Crippen molar-refractivity contribution in [2.45, 2.75) is 30.7 Å². The molecule has 2 rings (SSSR count). The van der Waals surface area contributed by atoms with Crippen molar-refractivity contribution in [3.05, 3.63) is 42.0 Å². The van der Waals surface area contributed by atoms with Crippen LogP contribution in [0.15, 0.2) is 36.4 Å². The van der Waals surface area contributed by atoms with Gasteiger partial charge in [-0.05, 0) is 11.6 Å². The van der Waals surface area contributed by atoms with Crippen LogP contribution in [0.3, 0.4) is 0 Å². The van der Waals surface area contributed by atoms with E-state index < -0.39 is 42.6 Å². The van der Waals surface area contributed by atoms with E-state index in [0.717, 1.165) is 11.6 Å². The van der Waals surface area contributed by atoms with Crippen LogP contribution in [0.1, 0.15) is 5.56 Å². The fraction of sp³-hybridized carbons (Fsp3) is 0.333. The van der Waals surface area contributed by atoms with Crippen LogP contribution in [0.2, 0.25) is 0 Å². The molecule has 1 aromatic carbocycles. The molecule has 0 aromatic heterocycles. The van der Waals surface area contributed by atoms with Crippen LogP contribution in [0.5, 0.6) is 0 Å². The van der Waals surface area contributed by atoms with Gasteiger partial charge in [0.2, 0.25) is 6.29 Å². The molecule has 1 heterocycles. The lowest BCUT2D eigenvalue weighted by atomic mass is 9.99. The molecule has 5 unspecified atom stereocenters. The van der Waals surface area contributed by atoms with E-state index in [1.165, 1.54) is 6.08 Å². The Hall–Kier alpha value is -2.26. The number of aliphatic hydroxyl groups excluding tert-OH is 3. The Morgan fingerprint density at radius 3 is 2.30 bits per heavy atom. The Morgan fingerprint density at radius 2 is 1.70 bits per heavy atom. The van der Waals surface area contributed by atoms with Gasteiger partial charge in [-0.15, -0.1) is 0 Å². The number of hydrogen-bond donors (Lipinski definition) is 4. The topological polar surface area (TPSA) is 134 Å². The van der Waals surface area contributed by atoms with Crippen LogP contribution < -0.4 is 0 Å². The molecular weight excluding hydrogens is 308 g/mol. The fourth-order valence-electron chi connectivity index (χ4n) is 2.03. The van der Waals surface area contributed by atoms with E-state index in [4.69, 9.17) is 14.6 Å². The number of aliphatic hydroxyl groups is 3. The largest absolute Gasteiger partial charge is 0.479 e. The summed E-state index contributed by atoms with van der Waals surface area (Å²) in [5, 5.41) is 37.7. The molecule has 8 nitrogen and oxygen atoms in total. The molecule has 8 heteroatoms. The fourth-order valence-corrected chi connectivity index (χ4v) is 2.03. The molecule has 1 aliphatic rings. The normalized spacial score (nSPS) is 31.0. The Labute approximate surface area is 131 Å². The first-order chi connectivity index (χ1) is 10.9. The van der Waals surface area contributed by atoms with E-state index in [1.54, 1.807) is 30.3 Å². The van der Waals surface area contributed by atoms with Crippen LogP contribution in [-0.4, -0.2) is 63.1 Å². The molecular formula is C15H16O8. The SMILES string of the molecule is O=C(/C=C/c1ccccc1)OC1OC(C(=O)O)C(O)C(O)C1O. The molecule has 0 saturated carbocycles. The molecule has 0 spiro atoms. The van der Waals surface area contributed by atoms with Gasteiger partial charge >= 0.3 is 11.9 Å². The van der Waals surface area contributed by atoms with Crippen molar-refractivity contribution in [2.24, 2.45) is 0 Å². The maximum atomic E-state index is 11.7. The Balaban J connectivity index is 2.01. The van der Waals surface area contributed by atoms with Gasteiger partial charge in [-0.2, -0.15) is 0 Å². The highest BCUT2D eigenvalue weighted by Crippen LogP contribution is 2.22. The summed E-state index contributed by atoms with van der Waals surface area (Å²) in [6.45, 7) is 0. The smallest absolute Gasteiger partial charge is 0.335 e. The number of benzene rings is 1. The van der Waals surface area contributed by atoms with Gasteiger partial charge in [0.25, 0.3) is 0 Å². The van der Waals surface area contributed by atoms with Crippen molar-refractivity contribution in [1.82, 2.24) is 0 Å². The van der Waals surface area contributed by atoms with Gasteiger partial charge in [0.1, 0.15) is 18.3 Å². The van der Waals surface area contributed by atoms with E-state index in [0.29, 0.717) is 0 Å². The van der Waals surface area contributed by atoms with Crippen LogP contribution >= 0.6 is 0 Å². The van der Waals surface area contributed by atoms with Gasteiger partial charge in [-0.1, -0.05) is 30.3 Å². The van der Waals surface area contributed by atoms with Crippen molar-refractivity contribution in [2.75, 3.05) is 0 Å². The lowest BCUT2D eigenvalue weighted by Gasteiger charge is -2.37. The maximum absolute atomic E-state index is 11.7. The van der Waals surface area contributed by atoms with Crippen LogP contribution in [0, 0.1) is 0 Å². The second-order valence-corrected chi connectivity index (χ2v) is 4.92. The molecule has 0 radical (unpaired) electrons. The molecule has 1 aliphatic heterocycles. The average molecular weight is 324 g/mol. The first-order valence-corrected chi connectivity index (χ1v) is 6.76. The number of carboxylic acid groups (broad SMARTS) is 1. The zero-order valence-electron chi connectivity index (χ0n) is 11.9. The van der Waals surface area contributed by atoms with Gasteiger partial charge in [-0.25, -0.2) is 9.59 Å². The van der Waals surface area contributed by atoms with Crippen molar-refractivity contribution in [3.8, 4) is 0 Å². The summed E-state index contributed by atoms with van der Waals surface area (Å²) in [6.07, 6.45) is -6.42. The standard InChI is InChI=1S/C15H16O8/c16-9(7-6-8-4-2-1-3-5-8)22-15-12(19)10(17)11(18)13(23-15)14(20)21/h1-7,10-13,15,17-19H,(H,20,21)/b7-6+. The highest BCUT2D eigenvalue weighted by Gasteiger charge is 2.48. The molecule has 0 bridgehead atoms. The van der Waals surface area contributed by atoms with Crippen molar-refractivity contribution in [3.63, 3.8) is 0 Å². The van der Waals surface area contributed by atoms with E-state index in [1.807, 2.05) is 0 Å². The predicted octanol–water partition coefficient (Wildman–Crippen LogP) is -0.865. The number of aliphatic carboxylic acids is 1. The third-order valence-electron chi connectivity index (χ3n) is 3.26. The van der Waals surface area contributed by atoms with E-state index in [-0.39, 0.29) is 0 Å². The zero-order valence-corrected chi connectivity index (χ0v) is 11.9. The van der Waals surface area contributed by atoms with E-state index >= 15 is 0 Å². The van der Waals surface area contributed by atoms with Crippen molar-refractivity contribution in [1.29, 1.82) is 0 Å². The second-order valence-electron chi connectivity index (χ2n) is 4.92. The third kappa shape index (κ3) is 4.14. The molecule has 1 fully saturated rings. The van der Waals surface area contributed by atoms with Gasteiger partial charge in [0, 0.05) is 6.08 Å². The number of ether oxygens (including phenoxy) is 2. The number of hydrogen-bond acceptors (Lipinski definition) is 7. The van der Waals surface area contributed by atoms with Gasteiger partial charge < -0.3 is 29.9 Å². The van der Waals surface area contributed by atoms with Gasteiger partial charge in [0.15, 0.2) is 6.10 Å².